The number of nitrogens with zero attached hydrogens (tertiary/aromatic N) is 1. The first-order valence-electron chi connectivity index (χ1n) is 7.28. The van der Waals surface area contributed by atoms with Crippen molar-refractivity contribution in [3.8, 4) is 11.1 Å². The quantitative estimate of drug-likeness (QED) is 0.517. The zero-order chi connectivity index (χ0) is 14.6. The highest BCUT2D eigenvalue weighted by Gasteiger charge is 2.31. The summed E-state index contributed by atoms with van der Waals surface area (Å²) < 4.78 is 0. The van der Waals surface area contributed by atoms with Gasteiger partial charge in [0.15, 0.2) is 5.78 Å². The standard InChI is InChI=1S/C19H15NO/c1-3-15-18-17(12-6-4-5-7-13(12)19(18)21)14-9-8-11(2)10-16(14)20-15/h4-10H,3H2,1-2H3. The summed E-state index contributed by atoms with van der Waals surface area (Å²) in [5.41, 5.74) is 6.79. The van der Waals surface area contributed by atoms with Crippen molar-refractivity contribution in [3.05, 3.63) is 64.8 Å². The van der Waals surface area contributed by atoms with Crippen LogP contribution in [0.4, 0.5) is 0 Å². The fraction of sp³-hybridized carbons (Fsp3) is 0.158. The van der Waals surface area contributed by atoms with E-state index < -0.39 is 0 Å². The van der Waals surface area contributed by atoms with E-state index in [1.165, 1.54) is 5.56 Å². The molecule has 0 saturated heterocycles. The van der Waals surface area contributed by atoms with Gasteiger partial charge in [-0.1, -0.05) is 43.3 Å². The number of pyridine rings is 1. The zero-order valence-corrected chi connectivity index (χ0v) is 12.1. The summed E-state index contributed by atoms with van der Waals surface area (Å²) >= 11 is 0. The summed E-state index contributed by atoms with van der Waals surface area (Å²) in [7, 11) is 0. The number of hydrogen-bond acceptors (Lipinski definition) is 2. The van der Waals surface area contributed by atoms with E-state index in [1.54, 1.807) is 0 Å². The maximum absolute atomic E-state index is 12.7. The third kappa shape index (κ3) is 1.59. The minimum absolute atomic E-state index is 0.118. The van der Waals surface area contributed by atoms with Gasteiger partial charge in [-0.25, -0.2) is 0 Å². The normalized spacial score (nSPS) is 12.6. The van der Waals surface area contributed by atoms with Crippen molar-refractivity contribution in [1.82, 2.24) is 4.98 Å². The molecule has 0 amide bonds. The predicted octanol–water partition coefficient (Wildman–Crippen LogP) is 4.32. The fourth-order valence-electron chi connectivity index (χ4n) is 3.24. The number of ketones is 1. The maximum Gasteiger partial charge on any atom is 0.196 e. The van der Waals surface area contributed by atoms with Gasteiger partial charge in [-0.3, -0.25) is 9.78 Å². The zero-order valence-electron chi connectivity index (χ0n) is 12.1. The van der Waals surface area contributed by atoms with E-state index in [-0.39, 0.29) is 5.78 Å². The molecule has 1 aromatic heterocycles. The molecule has 0 saturated carbocycles. The van der Waals surface area contributed by atoms with Crippen LogP contribution >= 0.6 is 0 Å². The fourth-order valence-corrected chi connectivity index (χ4v) is 3.24. The number of fused-ring (bicyclic) bond motifs is 5. The van der Waals surface area contributed by atoms with Gasteiger partial charge in [0.1, 0.15) is 0 Å². The van der Waals surface area contributed by atoms with Gasteiger partial charge in [-0.15, -0.1) is 0 Å². The van der Waals surface area contributed by atoms with Gasteiger partial charge in [-0.2, -0.15) is 0 Å². The molecule has 0 radical (unpaired) electrons. The molecule has 0 aliphatic heterocycles. The number of benzene rings is 2. The van der Waals surface area contributed by atoms with Crippen molar-refractivity contribution in [3.63, 3.8) is 0 Å². The smallest absolute Gasteiger partial charge is 0.196 e. The molecule has 0 fully saturated rings. The van der Waals surface area contributed by atoms with Crippen LogP contribution in [0.5, 0.6) is 0 Å². The molecule has 3 aromatic rings. The highest BCUT2D eigenvalue weighted by Crippen LogP contribution is 2.42. The van der Waals surface area contributed by atoms with Crippen LogP contribution < -0.4 is 0 Å². The Morgan fingerprint density at radius 1 is 1.00 bits per heavy atom. The van der Waals surface area contributed by atoms with Crippen molar-refractivity contribution in [2.45, 2.75) is 20.3 Å². The molecule has 0 bridgehead atoms. The van der Waals surface area contributed by atoms with Crippen molar-refractivity contribution < 1.29 is 4.79 Å². The first kappa shape index (κ1) is 12.3. The van der Waals surface area contributed by atoms with Crippen LogP contribution in [0.2, 0.25) is 0 Å². The van der Waals surface area contributed by atoms with Crippen LogP contribution in [0.25, 0.3) is 22.0 Å². The second-order valence-electron chi connectivity index (χ2n) is 5.56. The third-order valence-electron chi connectivity index (χ3n) is 4.22. The number of rotatable bonds is 1. The summed E-state index contributed by atoms with van der Waals surface area (Å²) in [6.07, 6.45) is 0.770. The van der Waals surface area contributed by atoms with Gasteiger partial charge < -0.3 is 0 Å². The Bertz CT molecular complexity index is 909. The lowest BCUT2D eigenvalue weighted by atomic mass is 9.98. The Balaban J connectivity index is 2.21. The summed E-state index contributed by atoms with van der Waals surface area (Å²) in [5, 5.41) is 1.08. The molecule has 1 aliphatic rings. The largest absolute Gasteiger partial charge is 0.288 e. The molecule has 0 atom stereocenters. The lowest BCUT2D eigenvalue weighted by Gasteiger charge is -2.10. The number of carbonyl (C=O) groups excluding carboxylic acids is 1. The van der Waals surface area contributed by atoms with Gasteiger partial charge in [0.2, 0.25) is 0 Å². The van der Waals surface area contributed by atoms with Gasteiger partial charge in [0.05, 0.1) is 16.8 Å². The van der Waals surface area contributed by atoms with Crippen LogP contribution in [0.1, 0.15) is 34.1 Å². The maximum atomic E-state index is 12.7. The van der Waals surface area contributed by atoms with E-state index >= 15 is 0 Å². The molecule has 1 heterocycles. The van der Waals surface area contributed by atoms with Gasteiger partial charge >= 0.3 is 0 Å². The van der Waals surface area contributed by atoms with Crippen LogP contribution in [-0.2, 0) is 6.42 Å². The molecule has 0 spiro atoms. The van der Waals surface area contributed by atoms with Gasteiger partial charge in [-0.05, 0) is 30.5 Å². The van der Waals surface area contributed by atoms with Crippen molar-refractivity contribution in [2.75, 3.05) is 0 Å². The summed E-state index contributed by atoms with van der Waals surface area (Å²) in [6.45, 7) is 4.12. The molecule has 4 rings (SSSR count). The second-order valence-corrected chi connectivity index (χ2v) is 5.56. The van der Waals surface area contributed by atoms with E-state index in [1.807, 2.05) is 24.3 Å². The number of hydrogen-bond donors (Lipinski definition) is 0. The molecule has 1 aliphatic carbocycles. The van der Waals surface area contributed by atoms with Gasteiger partial charge in [0.25, 0.3) is 0 Å². The molecular weight excluding hydrogens is 258 g/mol. The van der Waals surface area contributed by atoms with Crippen molar-refractivity contribution in [2.24, 2.45) is 0 Å². The SMILES string of the molecule is CCc1nc2cc(C)ccc2c2c1C(=O)c1ccccc1-2. The first-order chi connectivity index (χ1) is 10.2. The molecule has 21 heavy (non-hydrogen) atoms. The minimum atomic E-state index is 0.118. The van der Waals surface area contributed by atoms with E-state index in [0.717, 1.165) is 45.3 Å². The lowest BCUT2D eigenvalue weighted by Crippen LogP contribution is -2.03. The van der Waals surface area contributed by atoms with Crippen molar-refractivity contribution >= 4 is 16.7 Å². The Kier molecular flexibility index (Phi) is 2.49. The van der Waals surface area contributed by atoms with Crippen LogP contribution in [0.3, 0.4) is 0 Å². The summed E-state index contributed by atoms with van der Waals surface area (Å²) in [6, 6.07) is 14.1. The average Bonchev–Trinajstić information content (AvgIpc) is 2.80. The highest BCUT2D eigenvalue weighted by molar-refractivity contribution is 6.26. The molecule has 102 valence electrons. The van der Waals surface area contributed by atoms with Crippen LogP contribution in [0.15, 0.2) is 42.5 Å². The topological polar surface area (TPSA) is 30.0 Å². The van der Waals surface area contributed by atoms with Gasteiger partial charge in [0, 0.05) is 16.5 Å². The Labute approximate surface area is 123 Å². The molecule has 0 N–H and O–H groups in total. The monoisotopic (exact) mass is 273 g/mol. The molecular formula is C19H15NO. The predicted molar refractivity (Wildman–Crippen MR) is 84.7 cm³/mol. The summed E-state index contributed by atoms with van der Waals surface area (Å²) in [5.74, 6) is 0.118. The van der Waals surface area contributed by atoms with Crippen LogP contribution in [0, 0.1) is 6.92 Å². The molecule has 2 heteroatoms. The minimum Gasteiger partial charge on any atom is -0.288 e. The van der Waals surface area contributed by atoms with Crippen LogP contribution in [-0.4, -0.2) is 10.8 Å². The number of carbonyl (C=O) groups is 1. The Hall–Kier alpha value is -2.48. The second kappa shape index (κ2) is 4.26. The first-order valence-corrected chi connectivity index (χ1v) is 7.28. The van der Waals surface area contributed by atoms with E-state index in [2.05, 4.69) is 32.0 Å². The average molecular weight is 273 g/mol. The number of aryl methyl sites for hydroxylation is 2. The third-order valence-corrected chi connectivity index (χ3v) is 4.22. The van der Waals surface area contributed by atoms with E-state index in [4.69, 9.17) is 4.98 Å². The number of aromatic nitrogens is 1. The summed E-state index contributed by atoms with van der Waals surface area (Å²) in [4.78, 5) is 17.5. The van der Waals surface area contributed by atoms with Crippen molar-refractivity contribution in [1.29, 1.82) is 0 Å². The lowest BCUT2D eigenvalue weighted by molar-refractivity contribution is 0.104. The highest BCUT2D eigenvalue weighted by atomic mass is 16.1. The Morgan fingerprint density at radius 3 is 2.52 bits per heavy atom. The molecule has 2 nitrogen and oxygen atoms in total. The molecule has 0 unspecified atom stereocenters. The van der Waals surface area contributed by atoms with E-state index in [9.17, 15) is 4.79 Å². The Morgan fingerprint density at radius 2 is 1.76 bits per heavy atom. The molecule has 2 aromatic carbocycles. The van der Waals surface area contributed by atoms with E-state index in [0.29, 0.717) is 0 Å².